The van der Waals surface area contributed by atoms with Crippen LogP contribution in [0.5, 0.6) is 5.75 Å². The third-order valence-electron chi connectivity index (χ3n) is 2.66. The van der Waals surface area contributed by atoms with Crippen LogP contribution in [0.15, 0.2) is 18.2 Å². The third-order valence-corrected chi connectivity index (χ3v) is 2.66. The number of nitrogen functional groups attached to an aromatic ring is 1. The summed E-state index contributed by atoms with van der Waals surface area (Å²) in [5.41, 5.74) is 7.18. The summed E-state index contributed by atoms with van der Waals surface area (Å²) in [4.78, 5) is 4.50. The molecule has 0 amide bonds. The van der Waals surface area contributed by atoms with E-state index in [0.717, 1.165) is 11.4 Å². The lowest BCUT2D eigenvalue weighted by molar-refractivity contribution is 0.416. The molecule has 0 atom stereocenters. The highest BCUT2D eigenvalue weighted by atomic mass is 16.5. The van der Waals surface area contributed by atoms with E-state index in [1.165, 1.54) is 0 Å². The standard InChI is InChI=1S/C13H18N4O/c1-13(2,3)12-15-11(16-17-12)9-7-8(14)5-6-10(9)18-4/h5-7H,14H2,1-4H3,(H,15,16,17). The van der Waals surface area contributed by atoms with Crippen LogP contribution >= 0.6 is 0 Å². The first kappa shape index (κ1) is 12.4. The molecule has 1 aromatic carbocycles. The molecule has 0 spiro atoms. The summed E-state index contributed by atoms with van der Waals surface area (Å²) in [5.74, 6) is 2.15. The molecular formula is C13H18N4O. The van der Waals surface area contributed by atoms with Gasteiger partial charge in [0.15, 0.2) is 5.82 Å². The maximum Gasteiger partial charge on any atom is 0.184 e. The van der Waals surface area contributed by atoms with Crippen LogP contribution in [-0.4, -0.2) is 22.3 Å². The van der Waals surface area contributed by atoms with E-state index < -0.39 is 0 Å². The molecule has 18 heavy (non-hydrogen) atoms. The van der Waals surface area contributed by atoms with Gasteiger partial charge >= 0.3 is 0 Å². The second-order valence-corrected chi connectivity index (χ2v) is 5.22. The van der Waals surface area contributed by atoms with E-state index >= 15 is 0 Å². The molecule has 0 unspecified atom stereocenters. The normalized spacial score (nSPS) is 11.6. The monoisotopic (exact) mass is 246 g/mol. The van der Waals surface area contributed by atoms with Gasteiger partial charge in [-0.3, -0.25) is 5.10 Å². The SMILES string of the molecule is COc1ccc(N)cc1-c1n[nH]c(C(C)(C)C)n1. The highest BCUT2D eigenvalue weighted by Crippen LogP contribution is 2.30. The van der Waals surface area contributed by atoms with Gasteiger partial charge in [0.05, 0.1) is 12.7 Å². The minimum absolute atomic E-state index is 0.0706. The zero-order valence-electron chi connectivity index (χ0n) is 11.1. The van der Waals surface area contributed by atoms with Gasteiger partial charge in [-0.05, 0) is 18.2 Å². The maximum atomic E-state index is 5.79. The Kier molecular flexibility index (Phi) is 2.98. The summed E-state index contributed by atoms with van der Waals surface area (Å²) in [6.07, 6.45) is 0. The number of aromatic amines is 1. The van der Waals surface area contributed by atoms with Gasteiger partial charge in [0.1, 0.15) is 11.6 Å². The average Bonchev–Trinajstić information content (AvgIpc) is 2.77. The zero-order valence-corrected chi connectivity index (χ0v) is 11.1. The fourth-order valence-corrected chi connectivity index (χ4v) is 1.62. The van der Waals surface area contributed by atoms with Gasteiger partial charge in [-0.2, -0.15) is 5.10 Å². The van der Waals surface area contributed by atoms with E-state index in [4.69, 9.17) is 10.5 Å². The number of nitrogens with one attached hydrogen (secondary N) is 1. The number of H-pyrrole nitrogens is 1. The van der Waals surface area contributed by atoms with Gasteiger partial charge in [-0.15, -0.1) is 0 Å². The van der Waals surface area contributed by atoms with Crippen molar-refractivity contribution in [3.8, 4) is 17.1 Å². The van der Waals surface area contributed by atoms with Crippen molar-refractivity contribution in [3.05, 3.63) is 24.0 Å². The van der Waals surface area contributed by atoms with Crippen molar-refractivity contribution in [2.75, 3.05) is 12.8 Å². The molecule has 1 aromatic heterocycles. The van der Waals surface area contributed by atoms with E-state index in [1.807, 2.05) is 12.1 Å². The quantitative estimate of drug-likeness (QED) is 0.797. The zero-order chi connectivity index (χ0) is 13.3. The largest absolute Gasteiger partial charge is 0.496 e. The Hall–Kier alpha value is -2.04. The molecule has 0 saturated carbocycles. The van der Waals surface area contributed by atoms with Crippen LogP contribution in [0, 0.1) is 0 Å². The molecule has 2 aromatic rings. The fourth-order valence-electron chi connectivity index (χ4n) is 1.62. The molecule has 0 saturated heterocycles. The number of methoxy groups -OCH3 is 1. The summed E-state index contributed by atoms with van der Waals surface area (Å²) in [7, 11) is 1.62. The topological polar surface area (TPSA) is 76.8 Å². The van der Waals surface area contributed by atoms with Crippen LogP contribution in [-0.2, 0) is 5.41 Å². The van der Waals surface area contributed by atoms with Gasteiger partial charge in [-0.1, -0.05) is 20.8 Å². The van der Waals surface area contributed by atoms with Crippen molar-refractivity contribution < 1.29 is 4.74 Å². The number of benzene rings is 1. The van der Waals surface area contributed by atoms with E-state index in [0.29, 0.717) is 17.3 Å². The summed E-state index contributed by atoms with van der Waals surface area (Å²) in [5, 5.41) is 7.19. The molecule has 1 heterocycles. The number of nitrogens with zero attached hydrogens (tertiary/aromatic N) is 2. The lowest BCUT2D eigenvalue weighted by Crippen LogP contribution is -2.13. The van der Waals surface area contributed by atoms with Gasteiger partial charge in [0.2, 0.25) is 0 Å². The van der Waals surface area contributed by atoms with Crippen molar-refractivity contribution in [1.29, 1.82) is 0 Å². The van der Waals surface area contributed by atoms with Crippen molar-refractivity contribution >= 4 is 5.69 Å². The molecule has 0 bridgehead atoms. The fraction of sp³-hybridized carbons (Fsp3) is 0.385. The van der Waals surface area contributed by atoms with Crippen molar-refractivity contribution in [3.63, 3.8) is 0 Å². The first-order chi connectivity index (χ1) is 8.41. The molecule has 0 radical (unpaired) electrons. The molecule has 2 rings (SSSR count). The summed E-state index contributed by atoms with van der Waals surface area (Å²) >= 11 is 0. The number of hydrogen-bond acceptors (Lipinski definition) is 4. The van der Waals surface area contributed by atoms with E-state index in [1.54, 1.807) is 13.2 Å². The van der Waals surface area contributed by atoms with Gasteiger partial charge < -0.3 is 10.5 Å². The molecule has 5 nitrogen and oxygen atoms in total. The Balaban J connectivity index is 2.49. The predicted molar refractivity (Wildman–Crippen MR) is 71.5 cm³/mol. The molecule has 3 N–H and O–H groups in total. The Labute approximate surface area is 106 Å². The second kappa shape index (κ2) is 4.33. The van der Waals surface area contributed by atoms with Gasteiger partial charge in [0.25, 0.3) is 0 Å². The molecule has 96 valence electrons. The van der Waals surface area contributed by atoms with E-state index in [-0.39, 0.29) is 5.41 Å². The smallest absolute Gasteiger partial charge is 0.184 e. The predicted octanol–water partition coefficient (Wildman–Crippen LogP) is 2.36. The van der Waals surface area contributed by atoms with Crippen LogP contribution in [0.2, 0.25) is 0 Å². The lowest BCUT2D eigenvalue weighted by Gasteiger charge is -2.13. The Morgan fingerprint density at radius 2 is 2.00 bits per heavy atom. The Morgan fingerprint density at radius 3 is 2.56 bits per heavy atom. The molecule has 0 aliphatic heterocycles. The van der Waals surface area contributed by atoms with Crippen LogP contribution in [0.3, 0.4) is 0 Å². The number of nitrogens with two attached hydrogens (primary N) is 1. The Bertz CT molecular complexity index is 554. The van der Waals surface area contributed by atoms with Crippen LogP contribution in [0.4, 0.5) is 5.69 Å². The number of ether oxygens (including phenoxy) is 1. The van der Waals surface area contributed by atoms with Gasteiger partial charge in [-0.25, -0.2) is 4.98 Å². The Morgan fingerprint density at radius 1 is 1.28 bits per heavy atom. The highest BCUT2D eigenvalue weighted by molar-refractivity contribution is 5.68. The number of rotatable bonds is 2. The second-order valence-electron chi connectivity index (χ2n) is 5.22. The van der Waals surface area contributed by atoms with Crippen molar-refractivity contribution in [2.24, 2.45) is 0 Å². The summed E-state index contributed by atoms with van der Waals surface area (Å²) < 4.78 is 5.30. The van der Waals surface area contributed by atoms with Crippen LogP contribution < -0.4 is 10.5 Å². The highest BCUT2D eigenvalue weighted by Gasteiger charge is 2.20. The minimum Gasteiger partial charge on any atom is -0.496 e. The summed E-state index contributed by atoms with van der Waals surface area (Å²) in [6.45, 7) is 6.23. The molecule has 0 aliphatic rings. The first-order valence-corrected chi connectivity index (χ1v) is 5.78. The molecule has 5 heteroatoms. The number of anilines is 1. The van der Waals surface area contributed by atoms with Gasteiger partial charge in [0, 0.05) is 11.1 Å². The third kappa shape index (κ3) is 2.30. The molecule has 0 aliphatic carbocycles. The minimum atomic E-state index is -0.0706. The van der Waals surface area contributed by atoms with Crippen molar-refractivity contribution in [1.82, 2.24) is 15.2 Å². The van der Waals surface area contributed by atoms with Crippen LogP contribution in [0.25, 0.3) is 11.4 Å². The molecule has 0 fully saturated rings. The number of hydrogen-bond donors (Lipinski definition) is 2. The van der Waals surface area contributed by atoms with Crippen LogP contribution in [0.1, 0.15) is 26.6 Å². The lowest BCUT2D eigenvalue weighted by atomic mass is 9.96. The number of aromatic nitrogens is 3. The maximum absolute atomic E-state index is 5.79. The van der Waals surface area contributed by atoms with E-state index in [2.05, 4.69) is 36.0 Å². The average molecular weight is 246 g/mol. The molecular weight excluding hydrogens is 228 g/mol. The van der Waals surface area contributed by atoms with Crippen molar-refractivity contribution in [2.45, 2.75) is 26.2 Å². The first-order valence-electron chi connectivity index (χ1n) is 5.78. The van der Waals surface area contributed by atoms with E-state index in [9.17, 15) is 0 Å². The summed E-state index contributed by atoms with van der Waals surface area (Å²) in [6, 6.07) is 5.42.